The quantitative estimate of drug-likeness (QED) is 0.662. The summed E-state index contributed by atoms with van der Waals surface area (Å²) < 4.78 is 13.4. The van der Waals surface area contributed by atoms with E-state index in [1.54, 1.807) is 12.1 Å². The molecular formula is C26H28FN3O4. The molecular weight excluding hydrogens is 437 g/mol. The minimum atomic E-state index is -0.979. The van der Waals surface area contributed by atoms with E-state index in [1.807, 2.05) is 27.7 Å². The van der Waals surface area contributed by atoms with Crippen molar-refractivity contribution in [2.45, 2.75) is 46.7 Å². The maximum atomic E-state index is 13.7. The third kappa shape index (κ3) is 3.77. The molecule has 1 heterocycles. The van der Waals surface area contributed by atoms with E-state index >= 15 is 0 Å². The molecule has 7 nitrogen and oxygen atoms in total. The summed E-state index contributed by atoms with van der Waals surface area (Å²) >= 11 is 0. The SMILES string of the molecule is CC1(C)C(C(=O)N(Cc2ccc(F)cc2)C2CC(=O)N(c3ccc(C(N)=O)cc3)C2=O)C1(C)C. The summed E-state index contributed by atoms with van der Waals surface area (Å²) in [6, 6.07) is 10.6. The number of hydrogen-bond acceptors (Lipinski definition) is 4. The number of halogens is 1. The van der Waals surface area contributed by atoms with Crippen LogP contribution in [0.15, 0.2) is 48.5 Å². The van der Waals surface area contributed by atoms with Gasteiger partial charge in [0.2, 0.25) is 17.7 Å². The number of rotatable bonds is 6. The summed E-state index contributed by atoms with van der Waals surface area (Å²) in [4.78, 5) is 53.9. The first-order chi connectivity index (χ1) is 15.9. The summed E-state index contributed by atoms with van der Waals surface area (Å²) in [7, 11) is 0. The van der Waals surface area contributed by atoms with Gasteiger partial charge in [0, 0.05) is 18.0 Å². The number of carbonyl (C=O) groups is 4. The number of hydrogen-bond donors (Lipinski definition) is 1. The maximum Gasteiger partial charge on any atom is 0.257 e. The highest BCUT2D eigenvalue weighted by molar-refractivity contribution is 6.23. The zero-order chi connectivity index (χ0) is 25.0. The van der Waals surface area contributed by atoms with Crippen molar-refractivity contribution in [3.05, 3.63) is 65.5 Å². The van der Waals surface area contributed by atoms with Gasteiger partial charge in [-0.15, -0.1) is 0 Å². The van der Waals surface area contributed by atoms with E-state index in [0.29, 0.717) is 11.3 Å². The Kier molecular flexibility index (Phi) is 5.58. The Hall–Kier alpha value is -3.55. The van der Waals surface area contributed by atoms with Gasteiger partial charge in [0.15, 0.2) is 0 Å². The van der Waals surface area contributed by atoms with Gasteiger partial charge < -0.3 is 10.6 Å². The summed E-state index contributed by atoms with van der Waals surface area (Å²) in [5, 5.41) is 0. The lowest BCUT2D eigenvalue weighted by Gasteiger charge is -2.29. The Balaban J connectivity index is 1.66. The topological polar surface area (TPSA) is 101 Å². The number of benzene rings is 2. The van der Waals surface area contributed by atoms with Crippen LogP contribution in [0.5, 0.6) is 0 Å². The number of anilines is 1. The molecule has 1 aliphatic carbocycles. The molecule has 0 bridgehead atoms. The van der Waals surface area contributed by atoms with Crippen LogP contribution in [0, 0.1) is 22.6 Å². The van der Waals surface area contributed by atoms with E-state index in [2.05, 4.69) is 0 Å². The average Bonchev–Trinajstić information content (AvgIpc) is 3.01. The predicted octanol–water partition coefficient (Wildman–Crippen LogP) is 3.27. The van der Waals surface area contributed by atoms with Gasteiger partial charge in [-0.3, -0.25) is 19.2 Å². The van der Waals surface area contributed by atoms with E-state index in [1.165, 1.54) is 41.3 Å². The van der Waals surface area contributed by atoms with Crippen molar-refractivity contribution in [3.63, 3.8) is 0 Å². The molecule has 34 heavy (non-hydrogen) atoms. The number of nitrogens with two attached hydrogens (primary N) is 1. The number of primary amides is 1. The second-order valence-corrected chi connectivity index (χ2v) is 10.2. The van der Waals surface area contributed by atoms with Crippen LogP contribution in [0.1, 0.15) is 50.0 Å². The van der Waals surface area contributed by atoms with Crippen LogP contribution in [0.2, 0.25) is 0 Å². The van der Waals surface area contributed by atoms with E-state index in [9.17, 15) is 23.6 Å². The summed E-state index contributed by atoms with van der Waals surface area (Å²) in [6.45, 7) is 8.14. The van der Waals surface area contributed by atoms with Crippen molar-refractivity contribution in [1.82, 2.24) is 4.90 Å². The van der Waals surface area contributed by atoms with E-state index in [-0.39, 0.29) is 41.2 Å². The van der Waals surface area contributed by atoms with Crippen molar-refractivity contribution >= 4 is 29.3 Å². The highest BCUT2D eigenvalue weighted by Gasteiger charge is 2.69. The van der Waals surface area contributed by atoms with Crippen molar-refractivity contribution in [2.75, 3.05) is 4.90 Å². The summed E-state index contributed by atoms with van der Waals surface area (Å²) in [5.74, 6) is -2.47. The minimum absolute atomic E-state index is 0.0832. The molecule has 1 atom stereocenters. The van der Waals surface area contributed by atoms with E-state index in [0.717, 1.165) is 4.90 Å². The fourth-order valence-electron chi connectivity index (χ4n) is 5.01. The Morgan fingerprint density at radius 1 is 1.00 bits per heavy atom. The fourth-order valence-corrected chi connectivity index (χ4v) is 5.01. The van der Waals surface area contributed by atoms with Gasteiger partial charge in [0.1, 0.15) is 11.9 Å². The predicted molar refractivity (Wildman–Crippen MR) is 124 cm³/mol. The highest BCUT2D eigenvalue weighted by Crippen LogP contribution is 2.69. The zero-order valence-corrected chi connectivity index (χ0v) is 19.7. The van der Waals surface area contributed by atoms with E-state index < -0.39 is 29.6 Å². The standard InChI is InChI=1S/C26H28FN3O4/c1-25(2)21(26(25,3)4)24(34)29(14-15-5-9-17(27)10-6-15)19-13-20(31)30(23(19)33)18-11-7-16(8-12-18)22(28)32/h5-12,19,21H,13-14H2,1-4H3,(H2,28,32). The van der Waals surface area contributed by atoms with Gasteiger partial charge >= 0.3 is 0 Å². The molecule has 2 aliphatic rings. The minimum Gasteiger partial charge on any atom is -0.366 e. The largest absolute Gasteiger partial charge is 0.366 e. The Bertz CT molecular complexity index is 1160. The lowest BCUT2D eigenvalue weighted by atomic mass is 10.0. The molecule has 0 spiro atoms. The van der Waals surface area contributed by atoms with Gasteiger partial charge in [0.25, 0.3) is 5.91 Å². The van der Waals surface area contributed by atoms with Crippen LogP contribution in [0.25, 0.3) is 0 Å². The van der Waals surface area contributed by atoms with Gasteiger partial charge in [0.05, 0.1) is 12.1 Å². The molecule has 8 heteroatoms. The Morgan fingerprint density at radius 3 is 2.06 bits per heavy atom. The third-order valence-electron chi connectivity index (χ3n) is 7.73. The molecule has 4 rings (SSSR count). The van der Waals surface area contributed by atoms with Crippen molar-refractivity contribution in [2.24, 2.45) is 22.5 Å². The Labute approximate surface area is 197 Å². The Morgan fingerprint density at radius 2 is 1.56 bits per heavy atom. The fraction of sp³-hybridized carbons (Fsp3) is 0.385. The lowest BCUT2D eigenvalue weighted by molar-refractivity contribution is -0.141. The lowest BCUT2D eigenvalue weighted by Crippen LogP contribution is -2.46. The average molecular weight is 466 g/mol. The number of carbonyl (C=O) groups excluding carboxylic acids is 4. The van der Waals surface area contributed by atoms with Crippen molar-refractivity contribution in [1.29, 1.82) is 0 Å². The molecule has 2 aromatic carbocycles. The zero-order valence-electron chi connectivity index (χ0n) is 19.7. The van der Waals surface area contributed by atoms with Gasteiger partial charge in [-0.05, 0) is 52.8 Å². The van der Waals surface area contributed by atoms with Crippen LogP contribution < -0.4 is 10.6 Å². The molecule has 1 aliphatic heterocycles. The van der Waals surface area contributed by atoms with Gasteiger partial charge in [-0.2, -0.15) is 0 Å². The first-order valence-electron chi connectivity index (χ1n) is 11.2. The monoisotopic (exact) mass is 465 g/mol. The molecule has 2 aromatic rings. The van der Waals surface area contributed by atoms with Crippen molar-refractivity contribution < 1.29 is 23.6 Å². The third-order valence-corrected chi connectivity index (χ3v) is 7.73. The summed E-state index contributed by atoms with van der Waals surface area (Å²) in [6.07, 6.45) is -0.156. The molecule has 2 fully saturated rings. The first-order valence-corrected chi connectivity index (χ1v) is 11.2. The smallest absolute Gasteiger partial charge is 0.257 e. The highest BCUT2D eigenvalue weighted by atomic mass is 19.1. The second-order valence-electron chi connectivity index (χ2n) is 10.2. The molecule has 178 valence electrons. The first kappa shape index (κ1) is 23.6. The molecule has 1 unspecified atom stereocenters. The van der Waals surface area contributed by atoms with Crippen LogP contribution in [0.3, 0.4) is 0 Å². The van der Waals surface area contributed by atoms with Crippen LogP contribution >= 0.6 is 0 Å². The van der Waals surface area contributed by atoms with Gasteiger partial charge in [-0.25, -0.2) is 9.29 Å². The summed E-state index contributed by atoms with van der Waals surface area (Å²) in [5.41, 5.74) is 5.97. The van der Waals surface area contributed by atoms with E-state index in [4.69, 9.17) is 5.73 Å². The molecule has 2 N–H and O–H groups in total. The maximum absolute atomic E-state index is 13.7. The van der Waals surface area contributed by atoms with Crippen LogP contribution in [-0.4, -0.2) is 34.6 Å². The van der Waals surface area contributed by atoms with Crippen LogP contribution in [0.4, 0.5) is 10.1 Å². The molecule has 4 amide bonds. The molecule has 1 saturated carbocycles. The van der Waals surface area contributed by atoms with Crippen molar-refractivity contribution in [3.8, 4) is 0 Å². The number of nitrogens with zero attached hydrogens (tertiary/aromatic N) is 2. The van der Waals surface area contributed by atoms with Crippen LogP contribution in [-0.2, 0) is 20.9 Å². The van der Waals surface area contributed by atoms with Gasteiger partial charge in [-0.1, -0.05) is 39.8 Å². The molecule has 0 radical (unpaired) electrons. The number of imide groups is 1. The molecule has 0 aromatic heterocycles. The normalized spacial score (nSPS) is 21.0. The number of amides is 4. The molecule has 1 saturated heterocycles. The second kappa shape index (κ2) is 8.04.